The summed E-state index contributed by atoms with van der Waals surface area (Å²) in [6.07, 6.45) is 2.55. The monoisotopic (exact) mass is 1420 g/mol. The van der Waals surface area contributed by atoms with Crippen molar-refractivity contribution in [3.63, 3.8) is 0 Å². The lowest BCUT2D eigenvalue weighted by atomic mass is 9.78. The second-order valence-corrected chi connectivity index (χ2v) is 41.5. The van der Waals surface area contributed by atoms with Crippen LogP contribution in [-0.2, 0) is 45.1 Å². The summed E-state index contributed by atoms with van der Waals surface area (Å²) in [7, 11) is -2.78. The van der Waals surface area contributed by atoms with Crippen LogP contribution < -0.4 is 5.46 Å². The van der Waals surface area contributed by atoms with E-state index in [0.717, 1.165) is 170 Å². The number of aryl methyl sites for hydroxylation is 2. The molecule has 23 heteroatoms. The van der Waals surface area contributed by atoms with Crippen LogP contribution in [-0.4, -0.2) is 141 Å². The number of hydrogen-bond donors (Lipinski definition) is 8. The van der Waals surface area contributed by atoms with Crippen LogP contribution in [0.4, 0.5) is 0 Å². The second kappa shape index (κ2) is 29.7. The molecule has 0 saturated carbocycles. The van der Waals surface area contributed by atoms with Crippen molar-refractivity contribution in [3.05, 3.63) is 174 Å². The Morgan fingerprint density at radius 2 is 0.903 bits per heavy atom. The van der Waals surface area contributed by atoms with Gasteiger partial charge in [-0.05, 0) is 196 Å². The Bertz CT molecular complexity index is 5250. The SMILES string of the molecule is CC1(C)OB(c2ccc3c(c2)c(-c2nc4ccccc4[nH]2)nn3COCC[Si](C)(C)C)OC1(C)C.Cc1c(-c2ccc3[nH]nc(-c4nc5ccccc5[nH]4)c3c2)ccc(CCCO)c1O.Cc1c(-c2ccc3c(c2)c(-c2nc4ccccc4[nH]2)nn3COCC[Si](C)(C)C)ccc(CCCO)c1O. The van der Waals surface area contributed by atoms with E-state index >= 15 is 0 Å². The third-order valence-electron chi connectivity index (χ3n) is 19.7. The van der Waals surface area contributed by atoms with Gasteiger partial charge >= 0.3 is 7.12 Å². The van der Waals surface area contributed by atoms with Gasteiger partial charge in [0.15, 0.2) is 17.5 Å². The van der Waals surface area contributed by atoms with Crippen molar-refractivity contribution < 1.29 is 39.2 Å². The molecule has 0 atom stereocenters. The van der Waals surface area contributed by atoms with Gasteiger partial charge in [-0.15, -0.1) is 0 Å². The number of aromatic nitrogens is 12. The predicted octanol–water partition coefficient (Wildman–Crippen LogP) is 16.4. The summed E-state index contributed by atoms with van der Waals surface area (Å²) in [5, 5.41) is 60.1. The molecule has 15 rings (SSSR count). The van der Waals surface area contributed by atoms with Crippen LogP contribution in [0.5, 0.6) is 11.5 Å². The molecule has 0 bridgehead atoms. The summed E-state index contributed by atoms with van der Waals surface area (Å²) in [5.74, 6) is 2.76. The molecule has 1 saturated heterocycles. The molecule has 0 radical (unpaired) electrons. The Hall–Kier alpha value is -9.56. The van der Waals surface area contributed by atoms with Crippen molar-refractivity contribution in [3.8, 4) is 68.3 Å². The quantitative estimate of drug-likeness (QED) is 0.0232. The maximum absolute atomic E-state index is 10.8. The van der Waals surface area contributed by atoms with E-state index in [-0.39, 0.29) is 13.2 Å². The zero-order valence-electron chi connectivity index (χ0n) is 61.0. The fourth-order valence-corrected chi connectivity index (χ4v) is 14.4. The number of phenols is 2. The number of para-hydroxylation sites is 6. The highest BCUT2D eigenvalue weighted by Crippen LogP contribution is 2.41. The number of aromatic hydroxyl groups is 2. The van der Waals surface area contributed by atoms with Crippen LogP contribution in [0.25, 0.3) is 123 Å². The van der Waals surface area contributed by atoms with Crippen LogP contribution in [0.3, 0.4) is 0 Å². The first-order valence-corrected chi connectivity index (χ1v) is 43.0. The van der Waals surface area contributed by atoms with Crippen LogP contribution in [0.1, 0.15) is 62.8 Å². The molecule has 0 amide bonds. The van der Waals surface area contributed by atoms with E-state index in [0.29, 0.717) is 56.5 Å². The first kappa shape index (κ1) is 71.8. The lowest BCUT2D eigenvalue weighted by Crippen LogP contribution is -2.41. The number of aromatic amines is 4. The molecule has 6 aromatic heterocycles. The van der Waals surface area contributed by atoms with Gasteiger partial charge in [-0.2, -0.15) is 15.3 Å². The summed E-state index contributed by atoms with van der Waals surface area (Å²) in [4.78, 5) is 24.5. The van der Waals surface area contributed by atoms with Gasteiger partial charge in [-0.1, -0.05) is 124 Å². The third-order valence-corrected chi connectivity index (χ3v) is 23.1. The summed E-state index contributed by atoms with van der Waals surface area (Å²) in [5.41, 5.74) is 18.3. The number of aliphatic hydroxyl groups is 2. The van der Waals surface area contributed by atoms with Crippen molar-refractivity contribution in [2.75, 3.05) is 26.4 Å². The molecule has 8 N–H and O–H groups in total. The largest absolute Gasteiger partial charge is 0.507 e. The highest BCUT2D eigenvalue weighted by Gasteiger charge is 2.52. The predicted molar refractivity (Wildman–Crippen MR) is 419 cm³/mol. The fourth-order valence-electron chi connectivity index (χ4n) is 12.9. The van der Waals surface area contributed by atoms with Gasteiger partial charge in [0.05, 0.1) is 60.9 Å². The molecule has 1 aliphatic heterocycles. The minimum Gasteiger partial charge on any atom is -0.507 e. The van der Waals surface area contributed by atoms with Gasteiger partial charge in [-0.3, -0.25) is 5.10 Å². The number of H-pyrrole nitrogens is 4. The lowest BCUT2D eigenvalue weighted by Gasteiger charge is -2.32. The summed E-state index contributed by atoms with van der Waals surface area (Å²) in [6.45, 7) is 28.7. The van der Waals surface area contributed by atoms with Gasteiger partial charge in [-0.25, -0.2) is 24.3 Å². The maximum atomic E-state index is 10.8. The van der Waals surface area contributed by atoms with Gasteiger partial charge in [0.1, 0.15) is 42.0 Å². The topological polar surface area (TPSA) is 268 Å². The molecule has 8 aromatic carbocycles. The van der Waals surface area contributed by atoms with Crippen LogP contribution >= 0.6 is 0 Å². The number of fused-ring (bicyclic) bond motifs is 6. The zero-order valence-corrected chi connectivity index (χ0v) is 63.0. The van der Waals surface area contributed by atoms with Crippen molar-refractivity contribution in [1.82, 2.24) is 59.7 Å². The van der Waals surface area contributed by atoms with Gasteiger partial charge in [0, 0.05) is 58.7 Å². The number of hydrogen-bond acceptors (Lipinski definition) is 14. The van der Waals surface area contributed by atoms with Crippen molar-refractivity contribution in [2.24, 2.45) is 0 Å². The Kier molecular flexibility index (Phi) is 20.7. The molecule has 0 spiro atoms. The van der Waals surface area contributed by atoms with Gasteiger partial charge in [0.25, 0.3) is 0 Å². The van der Waals surface area contributed by atoms with Crippen molar-refractivity contribution >= 4 is 94.5 Å². The number of benzene rings is 8. The molecule has 0 aliphatic carbocycles. The fraction of sp³-hybridized carbons (Fsp3) is 0.325. The van der Waals surface area contributed by atoms with E-state index in [1.807, 2.05) is 132 Å². The Balaban J connectivity index is 0.000000138. The number of nitrogens with zero attached hydrogens (tertiary/aromatic N) is 8. The minimum absolute atomic E-state index is 0.104. The molecule has 1 fully saturated rings. The van der Waals surface area contributed by atoms with E-state index in [1.54, 1.807) is 0 Å². The highest BCUT2D eigenvalue weighted by molar-refractivity contribution is 6.76. The first-order chi connectivity index (χ1) is 49.3. The summed E-state index contributed by atoms with van der Waals surface area (Å²) in [6, 6.07) is 52.7. The number of ether oxygens (including phenoxy) is 2. The number of imidazole rings is 3. The summed E-state index contributed by atoms with van der Waals surface area (Å²) < 4.78 is 28.6. The van der Waals surface area contributed by atoms with E-state index < -0.39 is 34.5 Å². The number of nitrogens with one attached hydrogen (secondary N) is 4. The van der Waals surface area contributed by atoms with Gasteiger partial charge < -0.3 is 54.2 Å². The van der Waals surface area contributed by atoms with Crippen LogP contribution in [0.15, 0.2) is 152 Å². The van der Waals surface area contributed by atoms with E-state index in [9.17, 15) is 15.3 Å². The number of rotatable bonds is 22. The zero-order chi connectivity index (χ0) is 72.5. The van der Waals surface area contributed by atoms with Gasteiger partial charge in [0.2, 0.25) is 0 Å². The maximum Gasteiger partial charge on any atom is 0.494 e. The average molecular weight is 1420 g/mol. The van der Waals surface area contributed by atoms with Crippen molar-refractivity contribution in [1.29, 1.82) is 0 Å². The number of aliphatic hydroxyl groups excluding tert-OH is 2. The highest BCUT2D eigenvalue weighted by atomic mass is 28.3. The Labute approximate surface area is 602 Å². The Morgan fingerprint density at radius 3 is 1.35 bits per heavy atom. The molecular weight excluding hydrogens is 1320 g/mol. The molecule has 103 heavy (non-hydrogen) atoms. The first-order valence-electron chi connectivity index (χ1n) is 35.6. The van der Waals surface area contributed by atoms with Crippen LogP contribution in [0, 0.1) is 13.8 Å². The smallest absolute Gasteiger partial charge is 0.494 e. The second-order valence-electron chi connectivity index (χ2n) is 30.3. The van der Waals surface area contributed by atoms with E-state index in [2.05, 4.69) is 140 Å². The van der Waals surface area contributed by atoms with Crippen LogP contribution in [0.2, 0.25) is 51.4 Å². The third kappa shape index (κ3) is 15.6. The minimum atomic E-state index is -1.18. The molecule has 7 heterocycles. The van der Waals surface area contributed by atoms with E-state index in [4.69, 9.17) is 44.1 Å². The van der Waals surface area contributed by atoms with Crippen molar-refractivity contribution in [2.45, 2.75) is 143 Å². The summed E-state index contributed by atoms with van der Waals surface area (Å²) >= 11 is 0. The normalized spacial score (nSPS) is 13.8. The molecule has 14 aromatic rings. The molecule has 0 unspecified atom stereocenters. The van der Waals surface area contributed by atoms with E-state index in [1.165, 1.54) is 0 Å². The Morgan fingerprint density at radius 1 is 0.485 bits per heavy atom. The average Bonchev–Trinajstić information content (AvgIpc) is 1.60. The molecule has 1 aliphatic rings. The molecule has 532 valence electrons. The molecule has 20 nitrogen and oxygen atoms in total. The lowest BCUT2D eigenvalue weighted by molar-refractivity contribution is 0.00578. The number of phenolic OH excluding ortho intramolecular Hbond substituents is 2. The standard InChI is InChI=1S/C30H36N4O3Si.C26H35BN4O3Si.C24H22N4O2/c1-20-23(13-11-21(29(20)36)8-7-15-35)22-12-14-27-24(18-22)28(30-31-25-9-5-6-10-26(25)32-30)33-34(27)19-37-16-17-38(2,3)4;1-25(2)26(3,4)34-27(33-25)18-12-13-22-19(16-18)23(24-28-20-10-8-9-11-21(20)29-24)30-31(22)17-32-14-15-35(5,6)7;1-14-17(10-8-15(23(14)30)5-4-12-29)16-9-11-19-18(13-16)22(28-27-19)24-25-20-6-2-3-7-21(20)26-24/h5-6,9-14,18,35-36H,7-8,15-17,19H2,1-4H3,(H,31,32);8-13,16H,14-15,17H2,1-7H3,(H,28,29);2-3,6-11,13,29-30H,4-5,12H2,1H3,(H,25,26)(H,27,28). The molecular formula is C80H93BN12O8Si2.